The Hall–Kier alpha value is -4.52. The molecule has 0 spiro atoms. The molecule has 0 bridgehead atoms. The summed E-state index contributed by atoms with van der Waals surface area (Å²) in [6, 6.07) is 14.5. The molecule has 0 fully saturated rings. The number of nitriles is 1. The highest BCUT2D eigenvalue weighted by Crippen LogP contribution is 2.38. The molecule has 10 heteroatoms. The van der Waals surface area contributed by atoms with Gasteiger partial charge in [-0.15, -0.1) is 0 Å². The highest BCUT2D eigenvalue weighted by Gasteiger charge is 2.17. The number of anilines is 1. The van der Waals surface area contributed by atoms with E-state index >= 15 is 0 Å². The van der Waals surface area contributed by atoms with Gasteiger partial charge in [0.25, 0.3) is 5.91 Å². The minimum atomic E-state index is -0.588. The summed E-state index contributed by atoms with van der Waals surface area (Å²) < 4.78 is 22.4. The van der Waals surface area contributed by atoms with Gasteiger partial charge < -0.3 is 24.3 Å². The van der Waals surface area contributed by atoms with Gasteiger partial charge in [0.2, 0.25) is 5.75 Å². The highest BCUT2D eigenvalue weighted by atomic mass is 16.5. The molecule has 0 saturated heterocycles. The molecule has 0 atom stereocenters. The Morgan fingerprint density at radius 1 is 1.06 bits per heavy atom. The van der Waals surface area contributed by atoms with Crippen LogP contribution in [-0.4, -0.2) is 49.6 Å². The molecule has 1 aromatic heterocycles. The topological polar surface area (TPSA) is 125 Å². The standard InChI is InChI=1S/C24H24N4O6/c1-31-19-11-16(12-20(32-2)23(19)33-3)9-10-22(30)34-15-21(29)27-24-17(13-25)14-26-28(24)18-7-5-4-6-8-18/h4-8,11-12,14H,9-10,15H2,1-3H3,(H,27,29). The number of aromatic nitrogens is 2. The van der Waals surface area contributed by atoms with Gasteiger partial charge in [0.05, 0.1) is 33.2 Å². The summed E-state index contributed by atoms with van der Waals surface area (Å²) in [7, 11) is 4.53. The number of hydrogen-bond acceptors (Lipinski definition) is 8. The fourth-order valence-electron chi connectivity index (χ4n) is 3.23. The van der Waals surface area contributed by atoms with E-state index in [0.29, 0.717) is 29.4 Å². The molecule has 0 radical (unpaired) electrons. The summed E-state index contributed by atoms with van der Waals surface area (Å²) in [6.07, 6.45) is 1.74. The zero-order valence-electron chi connectivity index (χ0n) is 19.0. The van der Waals surface area contributed by atoms with Crippen molar-refractivity contribution in [1.82, 2.24) is 9.78 Å². The van der Waals surface area contributed by atoms with Crippen LogP contribution in [0.5, 0.6) is 17.2 Å². The van der Waals surface area contributed by atoms with Crippen LogP contribution in [0.15, 0.2) is 48.7 Å². The Bertz CT molecular complexity index is 1170. The predicted molar refractivity (Wildman–Crippen MR) is 122 cm³/mol. The van der Waals surface area contributed by atoms with E-state index in [-0.39, 0.29) is 17.8 Å². The van der Waals surface area contributed by atoms with Gasteiger partial charge in [-0.1, -0.05) is 18.2 Å². The minimum absolute atomic E-state index is 0.0390. The summed E-state index contributed by atoms with van der Waals surface area (Å²) in [5.41, 5.74) is 1.63. The van der Waals surface area contributed by atoms with Crippen LogP contribution in [-0.2, 0) is 20.7 Å². The van der Waals surface area contributed by atoms with Crippen molar-refractivity contribution in [2.24, 2.45) is 0 Å². The zero-order valence-corrected chi connectivity index (χ0v) is 19.0. The van der Waals surface area contributed by atoms with Gasteiger partial charge in [-0.3, -0.25) is 9.59 Å². The molecule has 1 N–H and O–H groups in total. The lowest BCUT2D eigenvalue weighted by atomic mass is 10.1. The van der Waals surface area contributed by atoms with Crippen LogP contribution in [0.3, 0.4) is 0 Å². The first-order valence-electron chi connectivity index (χ1n) is 10.3. The van der Waals surface area contributed by atoms with Crippen molar-refractivity contribution in [3.8, 4) is 29.0 Å². The third kappa shape index (κ3) is 5.63. The van der Waals surface area contributed by atoms with Crippen LogP contribution in [0.25, 0.3) is 5.69 Å². The van der Waals surface area contributed by atoms with Gasteiger partial charge in [-0.25, -0.2) is 4.68 Å². The van der Waals surface area contributed by atoms with E-state index in [0.717, 1.165) is 5.56 Å². The minimum Gasteiger partial charge on any atom is -0.493 e. The van der Waals surface area contributed by atoms with Crippen molar-refractivity contribution in [3.05, 3.63) is 59.8 Å². The number of benzene rings is 2. The van der Waals surface area contributed by atoms with E-state index in [1.807, 2.05) is 24.3 Å². The molecule has 2 aromatic carbocycles. The second-order valence-electron chi connectivity index (χ2n) is 7.01. The molecule has 10 nitrogen and oxygen atoms in total. The Kier molecular flexibility index (Phi) is 8.07. The van der Waals surface area contributed by atoms with Crippen molar-refractivity contribution < 1.29 is 28.5 Å². The first-order chi connectivity index (χ1) is 16.5. The van der Waals surface area contributed by atoms with Crippen LogP contribution in [0.2, 0.25) is 0 Å². The van der Waals surface area contributed by atoms with Crippen LogP contribution in [0.1, 0.15) is 17.5 Å². The zero-order chi connectivity index (χ0) is 24.5. The van der Waals surface area contributed by atoms with Crippen molar-refractivity contribution in [3.63, 3.8) is 0 Å². The lowest BCUT2D eigenvalue weighted by molar-refractivity contribution is -0.147. The second-order valence-corrected chi connectivity index (χ2v) is 7.01. The average Bonchev–Trinajstić information content (AvgIpc) is 3.28. The summed E-state index contributed by atoms with van der Waals surface area (Å²) in [5, 5.41) is 16.1. The number of carbonyl (C=O) groups is 2. The Labute approximate surface area is 196 Å². The molecule has 3 rings (SSSR count). The fraction of sp³-hybridized carbons (Fsp3) is 0.250. The number of amides is 1. The monoisotopic (exact) mass is 464 g/mol. The molecule has 0 unspecified atom stereocenters. The molecular weight excluding hydrogens is 440 g/mol. The number of ether oxygens (including phenoxy) is 4. The maximum absolute atomic E-state index is 12.4. The fourth-order valence-corrected chi connectivity index (χ4v) is 3.23. The van der Waals surface area contributed by atoms with Crippen molar-refractivity contribution >= 4 is 17.7 Å². The normalized spacial score (nSPS) is 10.2. The van der Waals surface area contributed by atoms with Gasteiger partial charge in [0.1, 0.15) is 11.6 Å². The number of methoxy groups -OCH3 is 3. The lowest BCUT2D eigenvalue weighted by Crippen LogP contribution is -2.23. The first kappa shape index (κ1) is 24.1. The molecular formula is C24H24N4O6. The first-order valence-corrected chi connectivity index (χ1v) is 10.3. The van der Waals surface area contributed by atoms with E-state index in [2.05, 4.69) is 10.4 Å². The number of carbonyl (C=O) groups excluding carboxylic acids is 2. The summed E-state index contributed by atoms with van der Waals surface area (Å²) in [5.74, 6) is 0.476. The number of para-hydroxylation sites is 1. The molecule has 0 aliphatic carbocycles. The summed E-state index contributed by atoms with van der Waals surface area (Å²) in [4.78, 5) is 24.6. The van der Waals surface area contributed by atoms with E-state index < -0.39 is 18.5 Å². The number of aryl methyl sites for hydroxylation is 1. The van der Waals surface area contributed by atoms with Gasteiger partial charge in [0, 0.05) is 6.42 Å². The predicted octanol–water partition coefficient (Wildman–Crippen LogP) is 2.88. The Morgan fingerprint density at radius 3 is 2.32 bits per heavy atom. The van der Waals surface area contributed by atoms with Gasteiger partial charge >= 0.3 is 5.97 Å². The van der Waals surface area contributed by atoms with Crippen LogP contribution < -0.4 is 19.5 Å². The Balaban J connectivity index is 1.58. The van der Waals surface area contributed by atoms with Gasteiger partial charge in [-0.2, -0.15) is 10.4 Å². The molecule has 176 valence electrons. The number of nitrogens with zero attached hydrogens (tertiary/aromatic N) is 3. The van der Waals surface area contributed by atoms with E-state index in [1.165, 1.54) is 32.2 Å². The molecule has 34 heavy (non-hydrogen) atoms. The molecule has 0 saturated carbocycles. The van der Waals surface area contributed by atoms with E-state index in [1.54, 1.807) is 24.3 Å². The smallest absolute Gasteiger partial charge is 0.306 e. The maximum Gasteiger partial charge on any atom is 0.306 e. The number of rotatable bonds is 10. The summed E-state index contributed by atoms with van der Waals surface area (Å²) >= 11 is 0. The summed E-state index contributed by atoms with van der Waals surface area (Å²) in [6.45, 7) is -0.501. The number of esters is 1. The van der Waals surface area contributed by atoms with E-state index in [9.17, 15) is 14.9 Å². The molecule has 3 aromatic rings. The molecule has 0 aliphatic heterocycles. The average molecular weight is 464 g/mol. The third-order valence-corrected chi connectivity index (χ3v) is 4.85. The third-order valence-electron chi connectivity index (χ3n) is 4.85. The highest BCUT2D eigenvalue weighted by molar-refractivity contribution is 5.93. The number of nitrogens with one attached hydrogen (secondary N) is 1. The van der Waals surface area contributed by atoms with Crippen molar-refractivity contribution in [1.29, 1.82) is 5.26 Å². The van der Waals surface area contributed by atoms with Crippen LogP contribution >= 0.6 is 0 Å². The molecule has 1 amide bonds. The molecule has 0 aliphatic rings. The maximum atomic E-state index is 12.4. The Morgan fingerprint density at radius 2 is 1.74 bits per heavy atom. The number of hydrogen-bond donors (Lipinski definition) is 1. The van der Waals surface area contributed by atoms with Crippen molar-refractivity contribution in [2.75, 3.05) is 33.3 Å². The van der Waals surface area contributed by atoms with Crippen LogP contribution in [0.4, 0.5) is 5.82 Å². The van der Waals surface area contributed by atoms with Gasteiger partial charge in [-0.05, 0) is 36.2 Å². The van der Waals surface area contributed by atoms with E-state index in [4.69, 9.17) is 18.9 Å². The lowest BCUT2D eigenvalue weighted by Gasteiger charge is -2.14. The SMILES string of the molecule is COc1cc(CCC(=O)OCC(=O)Nc2c(C#N)cnn2-c2ccccc2)cc(OC)c1OC. The largest absolute Gasteiger partial charge is 0.493 e. The quantitative estimate of drug-likeness (QED) is 0.454. The van der Waals surface area contributed by atoms with Gasteiger partial charge in [0.15, 0.2) is 23.9 Å². The second kappa shape index (κ2) is 11.4. The molecule has 1 heterocycles. The van der Waals surface area contributed by atoms with Crippen molar-refractivity contribution in [2.45, 2.75) is 12.8 Å². The van der Waals surface area contributed by atoms with Crippen LogP contribution in [0, 0.1) is 11.3 Å².